The molecule has 1 heterocycles. The van der Waals surface area contributed by atoms with Crippen LogP contribution in [0.25, 0.3) is 10.9 Å². The van der Waals surface area contributed by atoms with E-state index in [2.05, 4.69) is 10.3 Å². The molecule has 0 bridgehead atoms. The van der Waals surface area contributed by atoms with Crippen molar-refractivity contribution in [3.63, 3.8) is 0 Å². The van der Waals surface area contributed by atoms with E-state index < -0.39 is 39.4 Å². The molecular weight excluding hydrogens is 395 g/mol. The molecule has 2 aromatic carbocycles. The molecule has 11 heteroatoms. The van der Waals surface area contributed by atoms with Crippen molar-refractivity contribution in [1.29, 1.82) is 0 Å². The summed E-state index contributed by atoms with van der Waals surface area (Å²) in [7, 11) is 0. The number of carbonyl (C=O) groups excluding carboxylic acids is 1. The number of halogens is 3. The van der Waals surface area contributed by atoms with Gasteiger partial charge in [-0.1, -0.05) is 12.1 Å². The highest BCUT2D eigenvalue weighted by Gasteiger charge is 2.30. The number of benzene rings is 2. The van der Waals surface area contributed by atoms with Crippen LogP contribution in [0.3, 0.4) is 0 Å². The first kappa shape index (κ1) is 19.9. The third-order valence-electron chi connectivity index (χ3n) is 4.14. The van der Waals surface area contributed by atoms with E-state index in [0.29, 0.717) is 5.56 Å². The highest BCUT2D eigenvalue weighted by atomic mass is 19.4. The Morgan fingerprint density at radius 1 is 1.17 bits per heavy atom. The molecule has 0 atom stereocenters. The number of pyridine rings is 1. The van der Waals surface area contributed by atoms with Crippen LogP contribution in [0.1, 0.15) is 21.5 Å². The summed E-state index contributed by atoms with van der Waals surface area (Å²) in [4.78, 5) is 36.9. The zero-order valence-electron chi connectivity index (χ0n) is 14.4. The molecule has 0 aliphatic carbocycles. The van der Waals surface area contributed by atoms with Gasteiger partial charge in [0, 0.05) is 24.1 Å². The van der Waals surface area contributed by atoms with E-state index in [1.54, 1.807) is 0 Å². The first-order valence-corrected chi connectivity index (χ1v) is 8.05. The van der Waals surface area contributed by atoms with Crippen LogP contribution in [0.15, 0.2) is 47.3 Å². The number of nitrogens with one attached hydrogen (secondary N) is 2. The van der Waals surface area contributed by atoms with Gasteiger partial charge in [-0.15, -0.1) is 0 Å². The molecule has 3 N–H and O–H groups in total. The predicted octanol–water partition coefficient (Wildman–Crippen LogP) is 3.09. The molecule has 3 aromatic rings. The van der Waals surface area contributed by atoms with E-state index in [9.17, 15) is 38.0 Å². The van der Waals surface area contributed by atoms with Crippen LogP contribution >= 0.6 is 0 Å². The zero-order valence-corrected chi connectivity index (χ0v) is 14.4. The number of aromatic amines is 1. The standard InChI is InChI=1S/C18H12F3N3O5/c19-18(20,21)10-3-1-9(2-4-10)8-22-16(26)14-15(25)12-6-5-11(24(28)29)7-13(12)23-17(14)27/h1-7H,8H2,(H,22,26)(H2,23,25,27). The summed E-state index contributed by atoms with van der Waals surface area (Å²) >= 11 is 0. The monoisotopic (exact) mass is 407 g/mol. The molecular formula is C18H12F3N3O5. The van der Waals surface area contributed by atoms with E-state index in [-0.39, 0.29) is 23.1 Å². The SMILES string of the molecule is O=C(NCc1ccc(C(F)(F)F)cc1)c1c(O)c2ccc([N+](=O)[O-])cc2[nH]c1=O. The summed E-state index contributed by atoms with van der Waals surface area (Å²) in [6, 6.07) is 7.39. The summed E-state index contributed by atoms with van der Waals surface area (Å²) < 4.78 is 37.7. The molecule has 0 spiro atoms. The fourth-order valence-electron chi connectivity index (χ4n) is 2.68. The predicted molar refractivity (Wildman–Crippen MR) is 95.5 cm³/mol. The van der Waals surface area contributed by atoms with Crippen LogP contribution in [0.4, 0.5) is 18.9 Å². The van der Waals surface area contributed by atoms with Crippen LogP contribution in [0, 0.1) is 10.1 Å². The Morgan fingerprint density at radius 2 is 1.83 bits per heavy atom. The van der Waals surface area contributed by atoms with Gasteiger partial charge in [0.05, 0.1) is 16.0 Å². The molecule has 3 rings (SSSR count). The van der Waals surface area contributed by atoms with Gasteiger partial charge < -0.3 is 15.4 Å². The lowest BCUT2D eigenvalue weighted by molar-refractivity contribution is -0.384. The van der Waals surface area contributed by atoms with Gasteiger partial charge in [0.15, 0.2) is 0 Å². The summed E-state index contributed by atoms with van der Waals surface area (Å²) in [6.45, 7) is -0.186. The average Bonchev–Trinajstić information content (AvgIpc) is 2.65. The maximum absolute atomic E-state index is 12.6. The number of aromatic nitrogens is 1. The van der Waals surface area contributed by atoms with Crippen molar-refractivity contribution in [2.75, 3.05) is 0 Å². The Labute approximate surface area is 159 Å². The molecule has 0 unspecified atom stereocenters. The van der Waals surface area contributed by atoms with Crippen LogP contribution < -0.4 is 10.9 Å². The summed E-state index contributed by atoms with van der Waals surface area (Å²) in [5.41, 5.74) is -2.42. The van der Waals surface area contributed by atoms with Crippen molar-refractivity contribution in [2.24, 2.45) is 0 Å². The quantitative estimate of drug-likeness (QED) is 0.453. The first-order valence-electron chi connectivity index (χ1n) is 8.05. The number of aromatic hydroxyl groups is 1. The number of rotatable bonds is 4. The van der Waals surface area contributed by atoms with Gasteiger partial charge in [0.1, 0.15) is 11.3 Å². The van der Waals surface area contributed by atoms with E-state index >= 15 is 0 Å². The highest BCUT2D eigenvalue weighted by molar-refractivity contribution is 6.02. The Bertz CT molecular complexity index is 1170. The number of amides is 1. The number of non-ortho nitro benzene ring substituents is 1. The van der Waals surface area contributed by atoms with Crippen molar-refractivity contribution in [3.8, 4) is 5.75 Å². The molecule has 1 amide bonds. The van der Waals surface area contributed by atoms with Crippen molar-refractivity contribution >= 4 is 22.5 Å². The molecule has 29 heavy (non-hydrogen) atoms. The fourth-order valence-corrected chi connectivity index (χ4v) is 2.68. The second-order valence-electron chi connectivity index (χ2n) is 6.04. The second kappa shape index (κ2) is 7.26. The molecule has 0 fully saturated rings. The van der Waals surface area contributed by atoms with Crippen LogP contribution in [0.2, 0.25) is 0 Å². The van der Waals surface area contributed by atoms with Crippen LogP contribution in [-0.4, -0.2) is 20.9 Å². The smallest absolute Gasteiger partial charge is 0.416 e. The minimum absolute atomic E-state index is 0.0230. The summed E-state index contributed by atoms with van der Waals surface area (Å²) in [5, 5.41) is 23.5. The number of fused-ring (bicyclic) bond motifs is 1. The normalized spacial score (nSPS) is 11.4. The second-order valence-corrected chi connectivity index (χ2v) is 6.04. The Hall–Kier alpha value is -3.89. The van der Waals surface area contributed by atoms with E-state index in [1.807, 2.05) is 0 Å². The van der Waals surface area contributed by atoms with Gasteiger partial charge in [-0.2, -0.15) is 13.2 Å². The number of nitrogens with zero attached hydrogens (tertiary/aromatic N) is 1. The lowest BCUT2D eigenvalue weighted by Crippen LogP contribution is -2.29. The first-order chi connectivity index (χ1) is 13.6. The topological polar surface area (TPSA) is 125 Å². The van der Waals surface area contributed by atoms with Gasteiger partial charge in [-0.25, -0.2) is 0 Å². The van der Waals surface area contributed by atoms with Crippen LogP contribution in [-0.2, 0) is 12.7 Å². The van der Waals surface area contributed by atoms with Crippen molar-refractivity contribution < 1.29 is 28.0 Å². The lowest BCUT2D eigenvalue weighted by Gasteiger charge is -2.10. The number of H-pyrrole nitrogens is 1. The van der Waals surface area contributed by atoms with Gasteiger partial charge >= 0.3 is 6.18 Å². The molecule has 0 saturated heterocycles. The molecule has 0 aliphatic heterocycles. The Balaban J connectivity index is 1.84. The number of hydrogen-bond donors (Lipinski definition) is 3. The van der Waals surface area contributed by atoms with Crippen LogP contribution in [0.5, 0.6) is 5.75 Å². The maximum Gasteiger partial charge on any atom is 0.416 e. The van der Waals surface area contributed by atoms with Crippen molar-refractivity contribution in [1.82, 2.24) is 10.3 Å². The summed E-state index contributed by atoms with van der Waals surface area (Å²) in [5.74, 6) is -1.62. The lowest BCUT2D eigenvalue weighted by atomic mass is 10.1. The molecule has 1 aromatic heterocycles. The van der Waals surface area contributed by atoms with Gasteiger partial charge in [0.25, 0.3) is 17.2 Å². The molecule has 0 aliphatic rings. The number of nitro benzene ring substituents is 1. The number of carbonyl (C=O) groups is 1. The third-order valence-corrected chi connectivity index (χ3v) is 4.14. The Kier molecular flexibility index (Phi) is 4.97. The number of hydrogen-bond acceptors (Lipinski definition) is 5. The van der Waals surface area contributed by atoms with Gasteiger partial charge in [-0.05, 0) is 23.8 Å². The van der Waals surface area contributed by atoms with E-state index in [0.717, 1.165) is 24.3 Å². The van der Waals surface area contributed by atoms with Crippen molar-refractivity contribution in [2.45, 2.75) is 12.7 Å². The minimum atomic E-state index is -4.49. The van der Waals surface area contributed by atoms with Crippen molar-refractivity contribution in [3.05, 3.63) is 79.6 Å². The third kappa shape index (κ3) is 4.03. The highest BCUT2D eigenvalue weighted by Crippen LogP contribution is 2.29. The average molecular weight is 407 g/mol. The molecule has 150 valence electrons. The van der Waals surface area contributed by atoms with E-state index in [4.69, 9.17) is 0 Å². The molecule has 0 radical (unpaired) electrons. The van der Waals surface area contributed by atoms with Gasteiger partial charge in [0.2, 0.25) is 0 Å². The van der Waals surface area contributed by atoms with E-state index in [1.165, 1.54) is 18.2 Å². The number of nitro groups is 1. The zero-order chi connectivity index (χ0) is 21.3. The summed E-state index contributed by atoms with van der Waals surface area (Å²) in [6.07, 6.45) is -4.49. The van der Waals surface area contributed by atoms with Gasteiger partial charge in [-0.3, -0.25) is 19.7 Å². The number of alkyl halides is 3. The Morgan fingerprint density at radius 3 is 2.41 bits per heavy atom. The molecule has 0 saturated carbocycles. The largest absolute Gasteiger partial charge is 0.506 e. The molecule has 8 nitrogen and oxygen atoms in total. The minimum Gasteiger partial charge on any atom is -0.506 e. The maximum atomic E-state index is 12.6. The fraction of sp³-hybridized carbons (Fsp3) is 0.111.